The van der Waals surface area contributed by atoms with E-state index in [-0.39, 0.29) is 5.82 Å². The van der Waals surface area contributed by atoms with Gasteiger partial charge in [0.25, 0.3) is 0 Å². The Morgan fingerprint density at radius 2 is 1.75 bits per heavy atom. The van der Waals surface area contributed by atoms with Gasteiger partial charge in [0.05, 0.1) is 18.4 Å². The predicted molar refractivity (Wildman–Crippen MR) is 197 cm³/mol. The van der Waals surface area contributed by atoms with Gasteiger partial charge in [0.1, 0.15) is 34.5 Å². The maximum atomic E-state index is 13.4. The van der Waals surface area contributed by atoms with Crippen LogP contribution in [0.25, 0.3) is 38.9 Å². The number of anilines is 1. The molecule has 6 rings (SSSR count). The summed E-state index contributed by atoms with van der Waals surface area (Å²) in [6, 6.07) is 18.4. The molecule has 1 N–H and O–H groups in total. The minimum Gasteiger partial charge on any atom is -0.481 e. The fourth-order valence-corrected chi connectivity index (χ4v) is 5.58. The van der Waals surface area contributed by atoms with E-state index in [0.717, 1.165) is 38.9 Å². The Bertz CT molecular complexity index is 2370. The molecule has 11 heteroatoms. The molecular formula is C40H39N7O4. The number of methoxy groups -OCH3 is 1. The van der Waals surface area contributed by atoms with E-state index in [0.29, 0.717) is 28.4 Å². The van der Waals surface area contributed by atoms with Crippen molar-refractivity contribution in [2.45, 2.75) is 53.2 Å². The third kappa shape index (κ3) is 7.35. The summed E-state index contributed by atoms with van der Waals surface area (Å²) in [6.07, 6.45) is 4.80. The van der Waals surface area contributed by atoms with Crippen molar-refractivity contribution < 1.29 is 19.1 Å². The number of aromatic nitrogens is 5. The van der Waals surface area contributed by atoms with Gasteiger partial charge in [-0.3, -0.25) is 19.1 Å². The molecule has 0 saturated heterocycles. The van der Waals surface area contributed by atoms with E-state index in [4.69, 9.17) is 19.4 Å². The van der Waals surface area contributed by atoms with Crippen LogP contribution in [0.2, 0.25) is 0 Å². The summed E-state index contributed by atoms with van der Waals surface area (Å²) in [5.74, 6) is 6.83. The summed E-state index contributed by atoms with van der Waals surface area (Å²) in [6.45, 7) is 10.9. The molecule has 0 aliphatic carbocycles. The highest BCUT2D eigenvalue weighted by atomic mass is 16.6. The van der Waals surface area contributed by atoms with Crippen LogP contribution in [-0.4, -0.2) is 67.0 Å². The number of benzene rings is 1. The number of rotatable bonds is 6. The van der Waals surface area contributed by atoms with Crippen molar-refractivity contribution in [1.29, 1.82) is 0 Å². The standard InChI is InChI=1S/C40H39N7O4/c1-24-18-21-47-34(22-24)45-35(31-10-9-19-42-38(31)50-8)36(47)30-14-16-33(44-37(48)26(3)46(7)39(49)51-40(4,5)6)43-32(30)15-12-27-11-13-29-25(2)41-20-17-28(29)23-27/h9-11,13-14,16-23,26H,1-8H3,(H,43,44,48)/t26-/m0/s1. The first-order chi connectivity index (χ1) is 24.3. The van der Waals surface area contributed by atoms with Crippen LogP contribution in [0.5, 0.6) is 5.88 Å². The van der Waals surface area contributed by atoms with Crippen molar-refractivity contribution in [1.82, 2.24) is 29.2 Å². The molecule has 51 heavy (non-hydrogen) atoms. The Morgan fingerprint density at radius 1 is 0.941 bits per heavy atom. The molecule has 5 aromatic heterocycles. The molecule has 6 aromatic rings. The zero-order chi connectivity index (χ0) is 36.4. The minimum atomic E-state index is -0.849. The number of imidazole rings is 1. The second-order valence-electron chi connectivity index (χ2n) is 13.2. The summed E-state index contributed by atoms with van der Waals surface area (Å²) in [5.41, 5.74) is 5.92. The minimum absolute atomic E-state index is 0.267. The Balaban J connectivity index is 1.48. The molecule has 11 nitrogen and oxygen atoms in total. The highest BCUT2D eigenvalue weighted by Gasteiger charge is 2.28. The number of pyridine rings is 4. The molecule has 0 bridgehead atoms. The second-order valence-corrected chi connectivity index (χ2v) is 13.2. The number of amides is 2. The van der Waals surface area contributed by atoms with Gasteiger partial charge in [-0.05, 0) is 113 Å². The predicted octanol–water partition coefficient (Wildman–Crippen LogP) is 7.23. The van der Waals surface area contributed by atoms with Crippen LogP contribution in [0.15, 0.2) is 79.3 Å². The lowest BCUT2D eigenvalue weighted by Crippen LogP contribution is -2.45. The van der Waals surface area contributed by atoms with Gasteiger partial charge in [-0.2, -0.15) is 0 Å². The van der Waals surface area contributed by atoms with Crippen LogP contribution in [0.1, 0.15) is 50.2 Å². The van der Waals surface area contributed by atoms with E-state index in [9.17, 15) is 9.59 Å². The maximum Gasteiger partial charge on any atom is 0.410 e. The van der Waals surface area contributed by atoms with Crippen LogP contribution < -0.4 is 10.1 Å². The van der Waals surface area contributed by atoms with Crippen molar-refractivity contribution in [3.05, 3.63) is 102 Å². The topological polar surface area (TPSA) is 124 Å². The maximum absolute atomic E-state index is 13.4. The van der Waals surface area contributed by atoms with Gasteiger partial charge in [0, 0.05) is 47.8 Å². The summed E-state index contributed by atoms with van der Waals surface area (Å²) >= 11 is 0. The molecule has 258 valence electrons. The van der Waals surface area contributed by atoms with E-state index >= 15 is 0 Å². The van der Waals surface area contributed by atoms with E-state index in [1.807, 2.05) is 79.0 Å². The zero-order valence-electron chi connectivity index (χ0n) is 29.9. The van der Waals surface area contributed by atoms with Crippen molar-refractivity contribution in [3.63, 3.8) is 0 Å². The number of aryl methyl sites for hydroxylation is 2. The monoisotopic (exact) mass is 681 g/mol. The van der Waals surface area contributed by atoms with E-state index in [1.165, 1.54) is 11.9 Å². The largest absolute Gasteiger partial charge is 0.481 e. The van der Waals surface area contributed by atoms with Crippen molar-refractivity contribution in [2.75, 3.05) is 19.5 Å². The lowest BCUT2D eigenvalue weighted by Gasteiger charge is -2.28. The lowest BCUT2D eigenvalue weighted by molar-refractivity contribution is -0.120. The molecule has 5 heterocycles. The molecule has 0 aliphatic rings. The molecule has 0 radical (unpaired) electrons. The average molecular weight is 682 g/mol. The number of likely N-dealkylation sites (N-methyl/N-ethyl adjacent to an activating group) is 1. The second kappa shape index (κ2) is 13.9. The molecule has 2 amide bonds. The molecule has 0 fully saturated rings. The normalized spacial score (nSPS) is 11.8. The quantitative estimate of drug-likeness (QED) is 0.183. The lowest BCUT2D eigenvalue weighted by atomic mass is 10.0. The summed E-state index contributed by atoms with van der Waals surface area (Å²) < 4.78 is 13.1. The molecular weight excluding hydrogens is 642 g/mol. The number of nitrogens with one attached hydrogen (secondary N) is 1. The third-order valence-corrected chi connectivity index (χ3v) is 8.33. The smallest absolute Gasteiger partial charge is 0.410 e. The first kappa shape index (κ1) is 34.6. The van der Waals surface area contributed by atoms with Gasteiger partial charge >= 0.3 is 6.09 Å². The number of nitrogens with zero attached hydrogens (tertiary/aromatic N) is 6. The number of carbonyl (C=O) groups is 2. The molecule has 0 saturated carbocycles. The van der Waals surface area contributed by atoms with Crippen molar-refractivity contribution in [3.8, 4) is 40.2 Å². The van der Waals surface area contributed by atoms with Crippen LogP contribution in [0.4, 0.5) is 10.6 Å². The molecule has 0 spiro atoms. The Labute approximate surface area is 296 Å². The first-order valence-electron chi connectivity index (χ1n) is 16.5. The third-order valence-electron chi connectivity index (χ3n) is 8.33. The van der Waals surface area contributed by atoms with Gasteiger partial charge in [-0.1, -0.05) is 12.0 Å². The fourth-order valence-electron chi connectivity index (χ4n) is 5.58. The van der Waals surface area contributed by atoms with E-state index in [1.54, 1.807) is 53.3 Å². The first-order valence-corrected chi connectivity index (χ1v) is 16.5. The Hall–Kier alpha value is -6.28. The van der Waals surface area contributed by atoms with Gasteiger partial charge in [0.15, 0.2) is 0 Å². The average Bonchev–Trinajstić information content (AvgIpc) is 3.47. The van der Waals surface area contributed by atoms with Crippen LogP contribution in [0, 0.1) is 25.7 Å². The van der Waals surface area contributed by atoms with Crippen molar-refractivity contribution in [2.24, 2.45) is 0 Å². The van der Waals surface area contributed by atoms with Crippen LogP contribution in [-0.2, 0) is 9.53 Å². The number of hydrogen-bond acceptors (Lipinski definition) is 8. The summed E-state index contributed by atoms with van der Waals surface area (Å²) in [7, 11) is 3.09. The Kier molecular flexibility index (Phi) is 9.44. The van der Waals surface area contributed by atoms with Gasteiger partial charge in [0.2, 0.25) is 11.8 Å². The molecule has 1 aromatic carbocycles. The van der Waals surface area contributed by atoms with Crippen LogP contribution >= 0.6 is 0 Å². The van der Waals surface area contributed by atoms with Crippen LogP contribution in [0.3, 0.4) is 0 Å². The zero-order valence-corrected chi connectivity index (χ0v) is 29.9. The number of ether oxygens (including phenoxy) is 2. The number of fused-ring (bicyclic) bond motifs is 2. The van der Waals surface area contributed by atoms with Crippen molar-refractivity contribution >= 4 is 34.2 Å². The molecule has 1 atom stereocenters. The molecule has 0 aliphatic heterocycles. The Morgan fingerprint density at radius 3 is 2.51 bits per heavy atom. The molecule has 0 unspecified atom stereocenters. The van der Waals surface area contributed by atoms with Gasteiger partial charge in [-0.25, -0.2) is 19.7 Å². The van der Waals surface area contributed by atoms with E-state index in [2.05, 4.69) is 27.1 Å². The van der Waals surface area contributed by atoms with E-state index < -0.39 is 23.6 Å². The van der Waals surface area contributed by atoms with Gasteiger partial charge in [-0.15, -0.1) is 0 Å². The highest BCUT2D eigenvalue weighted by Crippen LogP contribution is 2.38. The van der Waals surface area contributed by atoms with Gasteiger partial charge < -0.3 is 14.8 Å². The highest BCUT2D eigenvalue weighted by molar-refractivity contribution is 5.96. The summed E-state index contributed by atoms with van der Waals surface area (Å²) in [4.78, 5) is 46.1. The SMILES string of the molecule is COc1ncccc1-c1nc2cc(C)ccn2c1-c1ccc(NC(=O)[C@H](C)N(C)C(=O)OC(C)(C)C)nc1C#Cc1ccc2c(C)nccc2c1. The summed E-state index contributed by atoms with van der Waals surface area (Å²) in [5, 5.41) is 4.94. The fraction of sp³-hybridized carbons (Fsp3) is 0.250. The number of hydrogen-bond donors (Lipinski definition) is 1. The number of carbonyl (C=O) groups excluding carboxylic acids is 2.